The number of nitrogens with one attached hydrogen (secondary N) is 2. The molecule has 1 atom stereocenters. The standard InChI is InChI=1S/C16H14N2O2S/c19-15(17-11-6-2-1-3-7-11)10-14-16(20)18-12-8-4-5-9-13(12)21-14/h1-9,14H,10H2,(H,17,19)(H,18,20)/t14-/m0/s1. The van der Waals surface area contributed by atoms with Crippen molar-refractivity contribution in [2.45, 2.75) is 16.6 Å². The van der Waals surface area contributed by atoms with Crippen LogP contribution in [0.4, 0.5) is 11.4 Å². The number of fused-ring (bicyclic) bond motifs is 1. The van der Waals surface area contributed by atoms with E-state index in [1.807, 2.05) is 54.6 Å². The van der Waals surface area contributed by atoms with Gasteiger partial charge in [0.1, 0.15) is 0 Å². The first-order valence-corrected chi connectivity index (χ1v) is 7.52. The Kier molecular flexibility index (Phi) is 3.92. The minimum absolute atomic E-state index is 0.123. The van der Waals surface area contributed by atoms with Crippen LogP contribution in [-0.4, -0.2) is 17.1 Å². The molecule has 0 radical (unpaired) electrons. The summed E-state index contributed by atoms with van der Waals surface area (Å²) in [6.45, 7) is 0. The average Bonchev–Trinajstić information content (AvgIpc) is 2.49. The van der Waals surface area contributed by atoms with Crippen molar-refractivity contribution in [3.8, 4) is 0 Å². The lowest BCUT2D eigenvalue weighted by molar-refractivity contribution is -0.120. The topological polar surface area (TPSA) is 58.2 Å². The molecule has 2 amide bonds. The summed E-state index contributed by atoms with van der Waals surface area (Å²) >= 11 is 1.43. The zero-order valence-corrected chi connectivity index (χ0v) is 12.0. The Morgan fingerprint density at radius 2 is 1.81 bits per heavy atom. The highest BCUT2D eigenvalue weighted by Gasteiger charge is 2.28. The molecule has 106 valence electrons. The van der Waals surface area contributed by atoms with E-state index in [9.17, 15) is 9.59 Å². The van der Waals surface area contributed by atoms with Crippen LogP contribution in [0.5, 0.6) is 0 Å². The highest BCUT2D eigenvalue weighted by Crippen LogP contribution is 2.36. The van der Waals surface area contributed by atoms with Crippen LogP contribution in [0.2, 0.25) is 0 Å². The fourth-order valence-corrected chi connectivity index (χ4v) is 3.24. The number of carbonyl (C=O) groups excluding carboxylic acids is 2. The van der Waals surface area contributed by atoms with E-state index in [2.05, 4.69) is 10.6 Å². The predicted molar refractivity (Wildman–Crippen MR) is 84.4 cm³/mol. The van der Waals surface area contributed by atoms with Gasteiger partial charge < -0.3 is 10.6 Å². The average molecular weight is 298 g/mol. The second-order valence-corrected chi connectivity index (χ2v) is 5.95. The lowest BCUT2D eigenvalue weighted by atomic mass is 10.2. The van der Waals surface area contributed by atoms with Crippen LogP contribution in [0.3, 0.4) is 0 Å². The van der Waals surface area contributed by atoms with Gasteiger partial charge in [0.05, 0.1) is 10.9 Å². The second kappa shape index (κ2) is 6.01. The maximum Gasteiger partial charge on any atom is 0.238 e. The number of thioether (sulfide) groups is 1. The van der Waals surface area contributed by atoms with E-state index in [0.717, 1.165) is 16.3 Å². The van der Waals surface area contributed by atoms with Crippen LogP contribution in [0, 0.1) is 0 Å². The number of benzene rings is 2. The molecule has 0 saturated heterocycles. The number of para-hydroxylation sites is 2. The largest absolute Gasteiger partial charge is 0.326 e. The van der Waals surface area contributed by atoms with Crippen molar-refractivity contribution >= 4 is 35.0 Å². The van der Waals surface area contributed by atoms with Crippen molar-refractivity contribution < 1.29 is 9.59 Å². The first-order chi connectivity index (χ1) is 10.2. The van der Waals surface area contributed by atoms with Gasteiger partial charge in [-0.05, 0) is 24.3 Å². The number of rotatable bonds is 3. The van der Waals surface area contributed by atoms with E-state index in [0.29, 0.717) is 0 Å². The molecule has 0 unspecified atom stereocenters. The van der Waals surface area contributed by atoms with Gasteiger partial charge in [0.15, 0.2) is 0 Å². The zero-order chi connectivity index (χ0) is 14.7. The van der Waals surface area contributed by atoms with E-state index >= 15 is 0 Å². The normalized spacial score (nSPS) is 16.8. The summed E-state index contributed by atoms with van der Waals surface area (Å²) in [4.78, 5) is 25.1. The second-order valence-electron chi connectivity index (χ2n) is 4.71. The molecular weight excluding hydrogens is 284 g/mol. The minimum atomic E-state index is -0.399. The van der Waals surface area contributed by atoms with Gasteiger partial charge in [0.25, 0.3) is 0 Å². The summed E-state index contributed by atoms with van der Waals surface area (Å²) < 4.78 is 0. The monoisotopic (exact) mass is 298 g/mol. The SMILES string of the molecule is O=C(C[C@@H]1Sc2ccccc2NC1=O)Nc1ccccc1. The van der Waals surface area contributed by atoms with Gasteiger partial charge >= 0.3 is 0 Å². The van der Waals surface area contributed by atoms with Crippen molar-refractivity contribution in [1.29, 1.82) is 0 Å². The number of anilines is 2. The maximum atomic E-state index is 12.0. The number of hydrogen-bond donors (Lipinski definition) is 2. The Morgan fingerprint density at radius 3 is 2.62 bits per heavy atom. The Labute approximate surface area is 126 Å². The van der Waals surface area contributed by atoms with Gasteiger partial charge in [-0.1, -0.05) is 30.3 Å². The predicted octanol–water partition coefficient (Wildman–Crippen LogP) is 3.13. The minimum Gasteiger partial charge on any atom is -0.326 e. The molecule has 1 aliphatic heterocycles. The molecule has 0 aliphatic carbocycles. The summed E-state index contributed by atoms with van der Waals surface area (Å²) in [7, 11) is 0. The van der Waals surface area contributed by atoms with Crippen LogP contribution in [0.1, 0.15) is 6.42 Å². The third kappa shape index (κ3) is 3.25. The van der Waals surface area contributed by atoms with Crippen molar-refractivity contribution in [2.24, 2.45) is 0 Å². The van der Waals surface area contributed by atoms with Gasteiger partial charge in [0.2, 0.25) is 11.8 Å². The van der Waals surface area contributed by atoms with Gasteiger partial charge in [-0.15, -0.1) is 11.8 Å². The van der Waals surface area contributed by atoms with Crippen molar-refractivity contribution in [1.82, 2.24) is 0 Å². The summed E-state index contributed by atoms with van der Waals surface area (Å²) in [5, 5.41) is 5.24. The molecule has 2 aromatic carbocycles. The molecule has 3 rings (SSSR count). The summed E-state index contributed by atoms with van der Waals surface area (Å²) in [6, 6.07) is 16.8. The highest BCUT2D eigenvalue weighted by atomic mass is 32.2. The lowest BCUT2D eigenvalue weighted by Crippen LogP contribution is -2.32. The molecule has 0 saturated carbocycles. The smallest absolute Gasteiger partial charge is 0.238 e. The Morgan fingerprint density at radius 1 is 1.10 bits per heavy atom. The van der Waals surface area contributed by atoms with Gasteiger partial charge in [-0.3, -0.25) is 9.59 Å². The highest BCUT2D eigenvalue weighted by molar-refractivity contribution is 8.01. The van der Waals surface area contributed by atoms with Crippen LogP contribution in [-0.2, 0) is 9.59 Å². The molecule has 2 N–H and O–H groups in total. The molecule has 1 aliphatic rings. The van der Waals surface area contributed by atoms with E-state index in [1.54, 1.807) is 0 Å². The van der Waals surface area contributed by atoms with E-state index < -0.39 is 5.25 Å². The Balaban J connectivity index is 1.65. The van der Waals surface area contributed by atoms with Gasteiger partial charge in [0, 0.05) is 17.0 Å². The summed E-state index contributed by atoms with van der Waals surface area (Å²) in [5.74, 6) is -0.282. The molecule has 0 spiro atoms. The Hall–Kier alpha value is -2.27. The first kappa shape index (κ1) is 13.7. The number of hydrogen-bond acceptors (Lipinski definition) is 3. The van der Waals surface area contributed by atoms with Gasteiger partial charge in [-0.2, -0.15) is 0 Å². The van der Waals surface area contributed by atoms with Crippen molar-refractivity contribution in [3.05, 3.63) is 54.6 Å². The molecule has 1 heterocycles. The third-order valence-corrected chi connectivity index (χ3v) is 4.41. The molecule has 0 aromatic heterocycles. The van der Waals surface area contributed by atoms with Crippen molar-refractivity contribution in [2.75, 3.05) is 10.6 Å². The van der Waals surface area contributed by atoms with Crippen molar-refractivity contribution in [3.63, 3.8) is 0 Å². The van der Waals surface area contributed by atoms with Crippen LogP contribution >= 0.6 is 11.8 Å². The fourth-order valence-electron chi connectivity index (χ4n) is 2.13. The van der Waals surface area contributed by atoms with E-state index in [4.69, 9.17) is 0 Å². The first-order valence-electron chi connectivity index (χ1n) is 6.64. The molecule has 4 nitrogen and oxygen atoms in total. The number of amides is 2. The van der Waals surface area contributed by atoms with Gasteiger partial charge in [-0.25, -0.2) is 0 Å². The van der Waals surface area contributed by atoms with Crippen LogP contribution < -0.4 is 10.6 Å². The fraction of sp³-hybridized carbons (Fsp3) is 0.125. The molecule has 21 heavy (non-hydrogen) atoms. The summed E-state index contributed by atoms with van der Waals surface area (Å²) in [6.07, 6.45) is 0.153. The number of carbonyl (C=O) groups is 2. The zero-order valence-electron chi connectivity index (χ0n) is 11.2. The quantitative estimate of drug-likeness (QED) is 0.915. The van der Waals surface area contributed by atoms with Crippen LogP contribution in [0.15, 0.2) is 59.5 Å². The van der Waals surface area contributed by atoms with E-state index in [1.165, 1.54) is 11.8 Å². The summed E-state index contributed by atoms with van der Waals surface area (Å²) in [5.41, 5.74) is 1.55. The maximum absolute atomic E-state index is 12.0. The third-order valence-electron chi connectivity index (χ3n) is 3.13. The van der Waals surface area contributed by atoms with E-state index in [-0.39, 0.29) is 18.2 Å². The molecule has 5 heteroatoms. The Bertz CT molecular complexity index is 673. The molecule has 0 fully saturated rings. The van der Waals surface area contributed by atoms with Crippen LogP contribution in [0.25, 0.3) is 0 Å². The lowest BCUT2D eigenvalue weighted by Gasteiger charge is -2.23. The molecule has 2 aromatic rings. The molecule has 0 bridgehead atoms. The molecular formula is C16H14N2O2S.